The average molecular weight is 164 g/mol. The zero-order chi connectivity index (χ0) is 8.81. The highest BCUT2D eigenvalue weighted by Gasteiger charge is 1.92. The van der Waals surface area contributed by atoms with Gasteiger partial charge in [-0.2, -0.15) is 0 Å². The Kier molecular flexibility index (Phi) is 3.44. The molecule has 0 radical (unpaired) electrons. The van der Waals surface area contributed by atoms with Gasteiger partial charge in [-0.05, 0) is 5.56 Å². The predicted octanol–water partition coefficient (Wildman–Crippen LogP) is 0.383. The van der Waals surface area contributed by atoms with Crippen molar-refractivity contribution >= 4 is 6.21 Å². The normalized spacial score (nSPS) is 13.5. The quantitative estimate of drug-likeness (QED) is 0.634. The van der Waals surface area contributed by atoms with Crippen molar-refractivity contribution in [1.29, 1.82) is 0 Å². The Bertz CT molecular complexity index is 246. The Morgan fingerprint density at radius 2 is 2.08 bits per heavy atom. The SMILES string of the molecule is N[C@H](CO)N=Cc1ccccc1. The topological polar surface area (TPSA) is 58.6 Å². The Morgan fingerprint density at radius 1 is 1.42 bits per heavy atom. The summed E-state index contributed by atoms with van der Waals surface area (Å²) < 4.78 is 0. The molecule has 0 aromatic heterocycles. The van der Waals surface area contributed by atoms with E-state index < -0.39 is 6.17 Å². The van der Waals surface area contributed by atoms with Gasteiger partial charge >= 0.3 is 0 Å². The van der Waals surface area contributed by atoms with Crippen molar-refractivity contribution in [3.63, 3.8) is 0 Å². The van der Waals surface area contributed by atoms with E-state index in [1.54, 1.807) is 6.21 Å². The van der Waals surface area contributed by atoms with E-state index in [0.29, 0.717) is 0 Å². The van der Waals surface area contributed by atoms with Gasteiger partial charge in [0.2, 0.25) is 0 Å². The number of nitrogens with two attached hydrogens (primary N) is 1. The van der Waals surface area contributed by atoms with Crippen LogP contribution in [0.2, 0.25) is 0 Å². The Hall–Kier alpha value is -1.19. The van der Waals surface area contributed by atoms with E-state index in [1.165, 1.54) is 0 Å². The number of nitrogens with zero attached hydrogens (tertiary/aromatic N) is 1. The Morgan fingerprint density at radius 3 is 2.67 bits per heavy atom. The van der Waals surface area contributed by atoms with E-state index in [4.69, 9.17) is 10.8 Å². The standard InChI is InChI=1S/C9H12N2O/c10-9(7-12)11-6-8-4-2-1-3-5-8/h1-6,9,12H,7,10H2/t9-/m0/s1. The predicted molar refractivity (Wildman–Crippen MR) is 49.1 cm³/mol. The molecule has 0 saturated carbocycles. The second-order valence-corrected chi connectivity index (χ2v) is 2.44. The summed E-state index contributed by atoms with van der Waals surface area (Å²) in [5, 5.41) is 8.57. The molecule has 0 aliphatic rings. The van der Waals surface area contributed by atoms with Crippen molar-refractivity contribution in [3.8, 4) is 0 Å². The molecule has 0 saturated heterocycles. The zero-order valence-corrected chi connectivity index (χ0v) is 6.72. The van der Waals surface area contributed by atoms with Crippen molar-refractivity contribution < 1.29 is 5.11 Å². The first-order valence-corrected chi connectivity index (χ1v) is 3.77. The van der Waals surface area contributed by atoms with E-state index in [9.17, 15) is 0 Å². The molecule has 1 aromatic carbocycles. The average Bonchev–Trinajstić information content (AvgIpc) is 2.16. The van der Waals surface area contributed by atoms with Crippen molar-refractivity contribution in [2.45, 2.75) is 6.17 Å². The van der Waals surface area contributed by atoms with Crippen LogP contribution in [0.25, 0.3) is 0 Å². The summed E-state index contributed by atoms with van der Waals surface area (Å²) in [6.45, 7) is -0.122. The molecule has 0 bridgehead atoms. The van der Waals surface area contributed by atoms with Crippen LogP contribution in [0.4, 0.5) is 0 Å². The number of aliphatic imine (C=N–C) groups is 1. The first kappa shape index (κ1) is 8.90. The summed E-state index contributed by atoms with van der Waals surface area (Å²) in [5.74, 6) is 0. The minimum absolute atomic E-state index is 0.122. The van der Waals surface area contributed by atoms with Gasteiger partial charge in [0.1, 0.15) is 6.17 Å². The maximum absolute atomic E-state index is 8.57. The van der Waals surface area contributed by atoms with Crippen LogP contribution in [0.15, 0.2) is 35.3 Å². The lowest BCUT2D eigenvalue weighted by atomic mass is 10.2. The molecule has 1 atom stereocenters. The van der Waals surface area contributed by atoms with Crippen molar-refractivity contribution in [1.82, 2.24) is 0 Å². The van der Waals surface area contributed by atoms with Gasteiger partial charge in [-0.3, -0.25) is 4.99 Å². The van der Waals surface area contributed by atoms with Gasteiger partial charge < -0.3 is 10.8 Å². The molecular weight excluding hydrogens is 152 g/mol. The first-order chi connectivity index (χ1) is 5.83. The lowest BCUT2D eigenvalue weighted by Crippen LogP contribution is -2.21. The van der Waals surface area contributed by atoms with Crippen LogP contribution in [0.3, 0.4) is 0 Å². The van der Waals surface area contributed by atoms with E-state index >= 15 is 0 Å². The minimum atomic E-state index is -0.509. The molecule has 64 valence electrons. The molecule has 0 aliphatic carbocycles. The third-order valence-electron chi connectivity index (χ3n) is 1.40. The lowest BCUT2D eigenvalue weighted by molar-refractivity contribution is 0.270. The lowest BCUT2D eigenvalue weighted by Gasteiger charge is -1.98. The third-order valence-corrected chi connectivity index (χ3v) is 1.40. The van der Waals surface area contributed by atoms with E-state index in [-0.39, 0.29) is 6.61 Å². The van der Waals surface area contributed by atoms with Crippen LogP contribution in [0.1, 0.15) is 5.56 Å². The number of rotatable bonds is 3. The molecule has 3 N–H and O–H groups in total. The Balaban J connectivity index is 2.58. The summed E-state index contributed by atoms with van der Waals surface area (Å²) in [5.41, 5.74) is 6.36. The monoisotopic (exact) mass is 164 g/mol. The highest BCUT2D eigenvalue weighted by atomic mass is 16.3. The maximum atomic E-state index is 8.57. The molecule has 0 unspecified atom stereocenters. The fourth-order valence-electron chi connectivity index (χ4n) is 0.768. The van der Waals surface area contributed by atoms with Crippen LogP contribution in [0.5, 0.6) is 0 Å². The van der Waals surface area contributed by atoms with Crippen LogP contribution < -0.4 is 5.73 Å². The molecule has 1 aromatic rings. The molecule has 0 fully saturated rings. The fourth-order valence-corrected chi connectivity index (χ4v) is 0.768. The zero-order valence-electron chi connectivity index (χ0n) is 6.72. The molecular formula is C9H12N2O. The fraction of sp³-hybridized carbons (Fsp3) is 0.222. The number of aliphatic hydroxyl groups is 1. The largest absolute Gasteiger partial charge is 0.393 e. The van der Waals surface area contributed by atoms with Gasteiger partial charge in [0.25, 0.3) is 0 Å². The van der Waals surface area contributed by atoms with Gasteiger partial charge in [0.15, 0.2) is 0 Å². The summed E-state index contributed by atoms with van der Waals surface area (Å²) in [6, 6.07) is 9.63. The van der Waals surface area contributed by atoms with Gasteiger partial charge in [-0.15, -0.1) is 0 Å². The Labute approximate surface area is 71.6 Å². The van der Waals surface area contributed by atoms with Gasteiger partial charge in [0, 0.05) is 6.21 Å². The van der Waals surface area contributed by atoms with Crippen molar-refractivity contribution in [2.24, 2.45) is 10.7 Å². The van der Waals surface area contributed by atoms with Crippen LogP contribution in [-0.4, -0.2) is 24.1 Å². The summed E-state index contributed by atoms with van der Waals surface area (Å²) in [7, 11) is 0. The summed E-state index contributed by atoms with van der Waals surface area (Å²) in [6.07, 6.45) is 1.14. The van der Waals surface area contributed by atoms with Gasteiger partial charge in [-0.25, -0.2) is 0 Å². The molecule has 3 nitrogen and oxygen atoms in total. The van der Waals surface area contributed by atoms with Crippen molar-refractivity contribution in [2.75, 3.05) is 6.61 Å². The van der Waals surface area contributed by atoms with E-state index in [0.717, 1.165) is 5.56 Å². The number of hydrogen-bond acceptors (Lipinski definition) is 3. The third kappa shape index (κ3) is 2.82. The molecule has 0 amide bonds. The van der Waals surface area contributed by atoms with E-state index in [2.05, 4.69) is 4.99 Å². The number of aliphatic hydroxyl groups excluding tert-OH is 1. The second kappa shape index (κ2) is 4.64. The van der Waals surface area contributed by atoms with Crippen LogP contribution in [0, 0.1) is 0 Å². The molecule has 12 heavy (non-hydrogen) atoms. The van der Waals surface area contributed by atoms with Crippen molar-refractivity contribution in [3.05, 3.63) is 35.9 Å². The first-order valence-electron chi connectivity index (χ1n) is 3.77. The molecule has 0 aliphatic heterocycles. The maximum Gasteiger partial charge on any atom is 0.120 e. The summed E-state index contributed by atoms with van der Waals surface area (Å²) >= 11 is 0. The smallest absolute Gasteiger partial charge is 0.120 e. The molecule has 0 heterocycles. The van der Waals surface area contributed by atoms with E-state index in [1.807, 2.05) is 30.3 Å². The molecule has 0 spiro atoms. The highest BCUT2D eigenvalue weighted by Crippen LogP contribution is 1.94. The molecule has 1 rings (SSSR count). The van der Waals surface area contributed by atoms with Gasteiger partial charge in [-0.1, -0.05) is 30.3 Å². The second-order valence-electron chi connectivity index (χ2n) is 2.44. The molecule has 3 heteroatoms. The van der Waals surface area contributed by atoms with Crippen LogP contribution >= 0.6 is 0 Å². The van der Waals surface area contributed by atoms with Gasteiger partial charge in [0.05, 0.1) is 6.61 Å². The van der Waals surface area contributed by atoms with Crippen LogP contribution in [-0.2, 0) is 0 Å². The number of benzene rings is 1. The number of hydrogen-bond donors (Lipinski definition) is 2. The highest BCUT2D eigenvalue weighted by molar-refractivity contribution is 5.79. The minimum Gasteiger partial charge on any atom is -0.393 e. The summed E-state index contributed by atoms with van der Waals surface area (Å²) in [4.78, 5) is 3.92.